The average Bonchev–Trinajstić information content (AvgIpc) is 3.00. The lowest BCUT2D eigenvalue weighted by Crippen LogP contribution is -2.40. The topological polar surface area (TPSA) is 47.6 Å². The minimum absolute atomic E-state index is 0.151. The zero-order valence-corrected chi connectivity index (χ0v) is 10.5. The summed E-state index contributed by atoms with van der Waals surface area (Å²) >= 11 is 0. The molecule has 1 fully saturated rings. The van der Waals surface area contributed by atoms with Gasteiger partial charge in [0.15, 0.2) is 0 Å². The lowest BCUT2D eigenvalue weighted by atomic mass is 10.2. The van der Waals surface area contributed by atoms with Crippen LogP contribution in [0.15, 0.2) is 0 Å². The molecule has 1 aliphatic rings. The number of esters is 1. The fraction of sp³-hybridized carbons (Fsp3) is 0.917. The van der Waals surface area contributed by atoms with E-state index in [1.54, 1.807) is 0 Å². The van der Waals surface area contributed by atoms with Gasteiger partial charge < -0.3 is 14.8 Å². The fourth-order valence-electron chi connectivity index (χ4n) is 1.47. The Morgan fingerprint density at radius 3 is 2.62 bits per heavy atom. The van der Waals surface area contributed by atoms with Crippen LogP contribution in [0.4, 0.5) is 0 Å². The molecule has 1 aliphatic carbocycles. The van der Waals surface area contributed by atoms with E-state index in [2.05, 4.69) is 5.32 Å². The third-order valence-electron chi connectivity index (χ3n) is 2.44. The van der Waals surface area contributed by atoms with Gasteiger partial charge >= 0.3 is 5.97 Å². The Morgan fingerprint density at radius 1 is 1.44 bits per heavy atom. The molecule has 0 amide bonds. The summed E-state index contributed by atoms with van der Waals surface area (Å²) in [6, 6.07) is 0.305. The molecule has 0 aliphatic heterocycles. The van der Waals surface area contributed by atoms with Crippen molar-refractivity contribution in [1.29, 1.82) is 0 Å². The van der Waals surface area contributed by atoms with Crippen LogP contribution in [-0.4, -0.2) is 37.4 Å². The predicted molar refractivity (Wildman–Crippen MR) is 62.3 cm³/mol. The van der Waals surface area contributed by atoms with Crippen molar-refractivity contribution >= 4 is 5.97 Å². The van der Waals surface area contributed by atoms with E-state index in [4.69, 9.17) is 9.47 Å². The molecule has 1 unspecified atom stereocenters. The number of carbonyl (C=O) groups is 1. The van der Waals surface area contributed by atoms with Crippen LogP contribution in [0.5, 0.6) is 0 Å². The molecule has 0 saturated heterocycles. The summed E-state index contributed by atoms with van der Waals surface area (Å²) in [6.07, 6.45) is 3.24. The zero-order valence-electron chi connectivity index (χ0n) is 10.5. The summed E-state index contributed by atoms with van der Waals surface area (Å²) in [7, 11) is 0. The van der Waals surface area contributed by atoms with Crippen LogP contribution < -0.4 is 5.32 Å². The first-order chi connectivity index (χ1) is 7.63. The largest absolute Gasteiger partial charge is 0.465 e. The lowest BCUT2D eigenvalue weighted by Gasteiger charge is -2.17. The second-order valence-corrected chi connectivity index (χ2v) is 4.45. The van der Waals surface area contributed by atoms with Gasteiger partial charge in [-0.1, -0.05) is 0 Å². The normalized spacial score (nSPS) is 17.5. The maximum Gasteiger partial charge on any atom is 0.323 e. The van der Waals surface area contributed by atoms with E-state index in [1.165, 1.54) is 12.8 Å². The summed E-state index contributed by atoms with van der Waals surface area (Å²) in [5.41, 5.74) is 0. The summed E-state index contributed by atoms with van der Waals surface area (Å²) in [4.78, 5) is 11.6. The van der Waals surface area contributed by atoms with Gasteiger partial charge in [0.25, 0.3) is 0 Å². The fourth-order valence-corrected chi connectivity index (χ4v) is 1.47. The van der Waals surface area contributed by atoms with Crippen LogP contribution in [0.3, 0.4) is 0 Å². The van der Waals surface area contributed by atoms with Crippen molar-refractivity contribution in [2.75, 3.05) is 13.2 Å². The highest BCUT2D eigenvalue weighted by Crippen LogP contribution is 2.20. The first-order valence-corrected chi connectivity index (χ1v) is 6.17. The molecule has 0 bridgehead atoms. The first kappa shape index (κ1) is 13.5. The summed E-state index contributed by atoms with van der Waals surface area (Å²) in [5, 5.41) is 3.29. The second kappa shape index (κ2) is 6.86. The average molecular weight is 229 g/mol. The SMILES string of the molecule is CCOC(=O)C(CCOC(C)C)NC1CC1. The van der Waals surface area contributed by atoms with Crippen molar-refractivity contribution in [1.82, 2.24) is 5.32 Å². The number of hydrogen-bond donors (Lipinski definition) is 1. The van der Waals surface area contributed by atoms with Gasteiger partial charge in [-0.05, 0) is 40.0 Å². The highest BCUT2D eigenvalue weighted by molar-refractivity contribution is 5.75. The molecule has 0 aromatic rings. The first-order valence-electron chi connectivity index (χ1n) is 6.17. The Hall–Kier alpha value is -0.610. The number of nitrogens with one attached hydrogen (secondary N) is 1. The maximum absolute atomic E-state index is 11.6. The molecule has 4 heteroatoms. The number of ether oxygens (including phenoxy) is 2. The third-order valence-corrected chi connectivity index (χ3v) is 2.44. The molecule has 1 atom stereocenters. The molecule has 1 rings (SSSR count). The van der Waals surface area contributed by atoms with Gasteiger partial charge in [-0.25, -0.2) is 0 Å². The molecular weight excluding hydrogens is 206 g/mol. The minimum Gasteiger partial charge on any atom is -0.465 e. The highest BCUT2D eigenvalue weighted by Gasteiger charge is 2.28. The Morgan fingerprint density at radius 2 is 2.12 bits per heavy atom. The summed E-state index contributed by atoms with van der Waals surface area (Å²) < 4.78 is 10.5. The molecule has 0 aromatic carbocycles. The molecule has 94 valence electrons. The number of carbonyl (C=O) groups excluding carboxylic acids is 1. The van der Waals surface area contributed by atoms with Crippen molar-refractivity contribution in [3.8, 4) is 0 Å². The van der Waals surface area contributed by atoms with Crippen molar-refractivity contribution < 1.29 is 14.3 Å². The predicted octanol–water partition coefficient (Wildman–Crippen LogP) is 1.49. The number of rotatable bonds is 8. The molecule has 1 N–H and O–H groups in total. The Kier molecular flexibility index (Phi) is 5.77. The van der Waals surface area contributed by atoms with E-state index in [0.29, 0.717) is 25.7 Å². The van der Waals surface area contributed by atoms with E-state index < -0.39 is 0 Å². The lowest BCUT2D eigenvalue weighted by molar-refractivity contribution is -0.146. The van der Waals surface area contributed by atoms with Gasteiger partial charge in [-0.2, -0.15) is 0 Å². The van der Waals surface area contributed by atoms with Gasteiger partial charge in [0.2, 0.25) is 0 Å². The second-order valence-electron chi connectivity index (χ2n) is 4.45. The monoisotopic (exact) mass is 229 g/mol. The molecule has 0 aromatic heterocycles. The van der Waals surface area contributed by atoms with Crippen LogP contribution in [0.25, 0.3) is 0 Å². The van der Waals surface area contributed by atoms with Crippen molar-refractivity contribution in [3.63, 3.8) is 0 Å². The third kappa shape index (κ3) is 5.47. The Bertz CT molecular complexity index is 214. The molecule has 1 saturated carbocycles. The van der Waals surface area contributed by atoms with E-state index >= 15 is 0 Å². The Balaban J connectivity index is 2.27. The van der Waals surface area contributed by atoms with Crippen LogP contribution in [0, 0.1) is 0 Å². The van der Waals surface area contributed by atoms with Gasteiger partial charge in [0, 0.05) is 12.6 Å². The highest BCUT2D eigenvalue weighted by atomic mass is 16.5. The van der Waals surface area contributed by atoms with Crippen LogP contribution >= 0.6 is 0 Å². The maximum atomic E-state index is 11.6. The summed E-state index contributed by atoms with van der Waals surface area (Å²) in [6.45, 7) is 6.85. The quantitative estimate of drug-likeness (QED) is 0.641. The molecule has 4 nitrogen and oxygen atoms in total. The van der Waals surface area contributed by atoms with Crippen molar-refractivity contribution in [2.24, 2.45) is 0 Å². The molecule has 0 heterocycles. The standard InChI is InChI=1S/C12H23NO3/c1-4-15-12(14)11(13-10-5-6-10)7-8-16-9(2)3/h9-11,13H,4-8H2,1-3H3. The van der Waals surface area contributed by atoms with Crippen LogP contribution in [-0.2, 0) is 14.3 Å². The molecular formula is C12H23NO3. The number of hydrogen-bond acceptors (Lipinski definition) is 4. The zero-order chi connectivity index (χ0) is 12.0. The van der Waals surface area contributed by atoms with E-state index in [9.17, 15) is 4.79 Å². The Labute approximate surface area is 97.7 Å². The molecule has 16 heavy (non-hydrogen) atoms. The van der Waals surface area contributed by atoms with E-state index in [1.807, 2.05) is 20.8 Å². The van der Waals surface area contributed by atoms with Crippen molar-refractivity contribution in [3.05, 3.63) is 0 Å². The van der Waals surface area contributed by atoms with Gasteiger partial charge in [0.1, 0.15) is 6.04 Å². The van der Waals surface area contributed by atoms with Crippen molar-refractivity contribution in [2.45, 2.75) is 58.2 Å². The molecule has 0 radical (unpaired) electrons. The van der Waals surface area contributed by atoms with Gasteiger partial charge in [-0.15, -0.1) is 0 Å². The minimum atomic E-state index is -0.203. The van der Waals surface area contributed by atoms with Crippen LogP contribution in [0.2, 0.25) is 0 Å². The van der Waals surface area contributed by atoms with Crippen LogP contribution in [0.1, 0.15) is 40.0 Å². The van der Waals surface area contributed by atoms with E-state index in [-0.39, 0.29) is 18.1 Å². The summed E-state index contributed by atoms with van der Waals surface area (Å²) in [5.74, 6) is -0.151. The van der Waals surface area contributed by atoms with E-state index in [0.717, 1.165) is 0 Å². The smallest absolute Gasteiger partial charge is 0.323 e. The molecule has 0 spiro atoms. The van der Waals surface area contributed by atoms with Gasteiger partial charge in [0.05, 0.1) is 12.7 Å². The van der Waals surface area contributed by atoms with Gasteiger partial charge in [-0.3, -0.25) is 4.79 Å².